The first-order valence-electron chi connectivity index (χ1n) is 9.60. The van der Waals surface area contributed by atoms with E-state index in [0.29, 0.717) is 17.4 Å². The Morgan fingerprint density at radius 2 is 1.37 bits per heavy atom. The van der Waals surface area contributed by atoms with Crippen molar-refractivity contribution in [2.45, 2.75) is 60.2 Å². The number of fused-ring (bicyclic) bond motifs is 1. The van der Waals surface area contributed by atoms with Crippen molar-refractivity contribution in [1.82, 2.24) is 4.90 Å². The fourth-order valence-electron chi connectivity index (χ4n) is 2.14. The zero-order valence-electron chi connectivity index (χ0n) is 17.2. The number of rotatable bonds is 8. The molecular weight excluding hydrogens is 346 g/mol. The van der Waals surface area contributed by atoms with Gasteiger partial charge >= 0.3 is 0 Å². The fraction of sp³-hybridized carbons (Fsp3) is 0.571. The summed E-state index contributed by atoms with van der Waals surface area (Å²) in [5.74, 6) is -0.616. The summed E-state index contributed by atoms with van der Waals surface area (Å²) in [6.07, 6.45) is 3.49. The lowest BCUT2D eigenvalue weighted by Crippen LogP contribution is -2.30. The molecule has 0 atom stereocenters. The van der Waals surface area contributed by atoms with E-state index in [4.69, 9.17) is 9.47 Å². The van der Waals surface area contributed by atoms with E-state index in [1.54, 1.807) is 24.3 Å². The van der Waals surface area contributed by atoms with Gasteiger partial charge in [0.2, 0.25) is 0 Å². The molecule has 0 fully saturated rings. The minimum atomic E-state index is -0.308. The predicted octanol–water partition coefficient (Wildman–Crippen LogP) is 4.08. The van der Waals surface area contributed by atoms with E-state index in [0.717, 1.165) is 18.1 Å². The first-order valence-corrected chi connectivity index (χ1v) is 9.60. The summed E-state index contributed by atoms with van der Waals surface area (Å²) in [7, 11) is 0. The van der Waals surface area contributed by atoms with Crippen LogP contribution in [0.2, 0.25) is 0 Å². The lowest BCUT2D eigenvalue weighted by atomic mass is 10.1. The third kappa shape index (κ3) is 8.93. The SMILES string of the molecule is CCCC.CCOC(C)OCC.O=CCCN1C(=O)c2ccccc2C1=O. The lowest BCUT2D eigenvalue weighted by molar-refractivity contribution is -0.123. The highest BCUT2D eigenvalue weighted by Gasteiger charge is 2.34. The Morgan fingerprint density at radius 1 is 0.926 bits per heavy atom. The number of imide groups is 1. The van der Waals surface area contributed by atoms with Crippen molar-refractivity contribution < 1.29 is 23.9 Å². The molecule has 1 aliphatic heterocycles. The maximum Gasteiger partial charge on any atom is 0.261 e. The van der Waals surface area contributed by atoms with Crippen LogP contribution < -0.4 is 0 Å². The van der Waals surface area contributed by atoms with Crippen LogP contribution in [-0.4, -0.2) is 49.0 Å². The van der Waals surface area contributed by atoms with Gasteiger partial charge in [0, 0.05) is 26.2 Å². The minimum absolute atomic E-state index is 0.0370. The number of amides is 2. The Bertz CT molecular complexity index is 530. The Morgan fingerprint density at radius 3 is 1.70 bits per heavy atom. The van der Waals surface area contributed by atoms with Crippen molar-refractivity contribution in [3.05, 3.63) is 35.4 Å². The van der Waals surface area contributed by atoms with Gasteiger partial charge < -0.3 is 14.3 Å². The summed E-state index contributed by atoms with van der Waals surface area (Å²) < 4.78 is 10.1. The summed E-state index contributed by atoms with van der Waals surface area (Å²) in [5.41, 5.74) is 0.849. The molecule has 6 nitrogen and oxygen atoms in total. The zero-order chi connectivity index (χ0) is 20.7. The highest BCUT2D eigenvalue weighted by Crippen LogP contribution is 2.22. The molecule has 0 spiro atoms. The van der Waals surface area contributed by atoms with Crippen LogP contribution in [0.25, 0.3) is 0 Å². The first-order chi connectivity index (χ1) is 13.0. The molecule has 152 valence electrons. The van der Waals surface area contributed by atoms with Gasteiger partial charge in [0.1, 0.15) is 6.29 Å². The molecule has 0 unspecified atom stereocenters. The third-order valence-corrected chi connectivity index (χ3v) is 3.65. The van der Waals surface area contributed by atoms with Gasteiger partial charge in [-0.15, -0.1) is 0 Å². The highest BCUT2D eigenvalue weighted by molar-refractivity contribution is 6.21. The van der Waals surface area contributed by atoms with Crippen molar-refractivity contribution in [2.75, 3.05) is 19.8 Å². The van der Waals surface area contributed by atoms with Gasteiger partial charge in [-0.3, -0.25) is 14.5 Å². The molecule has 27 heavy (non-hydrogen) atoms. The lowest BCUT2D eigenvalue weighted by Gasteiger charge is -2.10. The van der Waals surface area contributed by atoms with E-state index in [1.165, 1.54) is 12.8 Å². The van der Waals surface area contributed by atoms with Gasteiger partial charge in [-0.05, 0) is 32.9 Å². The van der Waals surface area contributed by atoms with E-state index in [1.807, 2.05) is 20.8 Å². The molecular formula is C21H33NO5. The van der Waals surface area contributed by atoms with E-state index >= 15 is 0 Å². The Kier molecular flexibility index (Phi) is 13.9. The number of aldehydes is 1. The van der Waals surface area contributed by atoms with Crippen molar-refractivity contribution in [3.63, 3.8) is 0 Å². The molecule has 2 rings (SSSR count). The molecule has 0 saturated carbocycles. The van der Waals surface area contributed by atoms with Gasteiger partial charge in [-0.1, -0.05) is 38.8 Å². The maximum absolute atomic E-state index is 11.7. The van der Waals surface area contributed by atoms with Crippen LogP contribution in [0.5, 0.6) is 0 Å². The van der Waals surface area contributed by atoms with Crippen molar-refractivity contribution >= 4 is 18.1 Å². The number of nitrogens with zero attached hydrogens (tertiary/aromatic N) is 1. The van der Waals surface area contributed by atoms with Crippen LogP contribution in [-0.2, 0) is 14.3 Å². The van der Waals surface area contributed by atoms with Crippen molar-refractivity contribution in [1.29, 1.82) is 0 Å². The second-order valence-electron chi connectivity index (χ2n) is 5.74. The summed E-state index contributed by atoms with van der Waals surface area (Å²) in [6.45, 7) is 11.8. The van der Waals surface area contributed by atoms with Gasteiger partial charge in [-0.2, -0.15) is 0 Å². The summed E-state index contributed by atoms with van der Waals surface area (Å²) in [4.78, 5) is 34.7. The number of ether oxygens (including phenoxy) is 2. The second kappa shape index (κ2) is 15.1. The average Bonchev–Trinajstić information content (AvgIpc) is 2.92. The first kappa shape index (κ1) is 24.9. The molecule has 0 bridgehead atoms. The van der Waals surface area contributed by atoms with Crippen molar-refractivity contribution in [2.24, 2.45) is 0 Å². The molecule has 1 aliphatic rings. The van der Waals surface area contributed by atoms with Crippen LogP contribution in [0, 0.1) is 0 Å². The van der Waals surface area contributed by atoms with Crippen LogP contribution in [0.15, 0.2) is 24.3 Å². The molecule has 1 heterocycles. The van der Waals surface area contributed by atoms with Crippen LogP contribution >= 0.6 is 0 Å². The Hall–Kier alpha value is -2.05. The maximum atomic E-state index is 11.7. The molecule has 1 aromatic carbocycles. The number of hydrogen-bond donors (Lipinski definition) is 0. The normalized spacial score (nSPS) is 12.1. The number of carbonyl (C=O) groups excluding carboxylic acids is 3. The third-order valence-electron chi connectivity index (χ3n) is 3.65. The summed E-state index contributed by atoms with van der Waals surface area (Å²) in [5, 5.41) is 0. The topological polar surface area (TPSA) is 72.9 Å². The minimum Gasteiger partial charge on any atom is -0.353 e. The Balaban J connectivity index is 0.000000476. The number of unbranched alkanes of at least 4 members (excludes halogenated alkanes) is 1. The second-order valence-corrected chi connectivity index (χ2v) is 5.74. The number of benzene rings is 1. The summed E-state index contributed by atoms with van der Waals surface area (Å²) >= 11 is 0. The molecule has 1 aromatic rings. The summed E-state index contributed by atoms with van der Waals surface area (Å²) in [6, 6.07) is 6.67. The molecule has 2 amide bonds. The smallest absolute Gasteiger partial charge is 0.261 e. The largest absolute Gasteiger partial charge is 0.353 e. The van der Waals surface area contributed by atoms with Crippen LogP contribution in [0.3, 0.4) is 0 Å². The number of carbonyl (C=O) groups is 3. The molecule has 6 heteroatoms. The molecule has 0 saturated heterocycles. The van der Waals surface area contributed by atoms with Crippen molar-refractivity contribution in [3.8, 4) is 0 Å². The number of hydrogen-bond acceptors (Lipinski definition) is 5. The van der Waals surface area contributed by atoms with Crippen LogP contribution in [0.4, 0.5) is 0 Å². The highest BCUT2D eigenvalue weighted by atomic mass is 16.7. The fourth-order valence-corrected chi connectivity index (χ4v) is 2.14. The van der Waals surface area contributed by atoms with Gasteiger partial charge in [0.15, 0.2) is 6.29 Å². The van der Waals surface area contributed by atoms with E-state index in [2.05, 4.69) is 13.8 Å². The zero-order valence-corrected chi connectivity index (χ0v) is 17.2. The van der Waals surface area contributed by atoms with Gasteiger partial charge in [0.05, 0.1) is 11.1 Å². The van der Waals surface area contributed by atoms with Gasteiger partial charge in [0.25, 0.3) is 11.8 Å². The monoisotopic (exact) mass is 379 g/mol. The molecule has 0 N–H and O–H groups in total. The Labute approximate surface area is 162 Å². The van der Waals surface area contributed by atoms with Crippen LogP contribution in [0.1, 0.15) is 74.6 Å². The average molecular weight is 379 g/mol. The van der Waals surface area contributed by atoms with E-state index < -0.39 is 0 Å². The van der Waals surface area contributed by atoms with E-state index in [9.17, 15) is 14.4 Å². The molecule has 0 aliphatic carbocycles. The predicted molar refractivity (Wildman–Crippen MR) is 106 cm³/mol. The van der Waals surface area contributed by atoms with E-state index in [-0.39, 0.29) is 31.1 Å². The van der Waals surface area contributed by atoms with Gasteiger partial charge in [-0.25, -0.2) is 0 Å². The standard InChI is InChI=1S/C11H9NO3.C6H14O2.C4H10/c13-7-3-6-12-10(14)8-4-1-2-5-9(8)11(12)15;1-4-7-6(3)8-5-2;1-3-4-2/h1-2,4-5,7H,3,6H2;6H,4-5H2,1-3H3;3-4H2,1-2H3. The molecule has 0 aromatic heterocycles. The molecule has 0 radical (unpaired) electrons. The quantitative estimate of drug-likeness (QED) is 0.386.